The molecule has 3 N–H and O–H groups in total. The van der Waals surface area contributed by atoms with Gasteiger partial charge in [0.25, 0.3) is 0 Å². The van der Waals surface area contributed by atoms with Gasteiger partial charge in [-0.15, -0.1) is 0 Å². The molecule has 0 aliphatic heterocycles. The molecule has 0 spiro atoms. The second-order valence-electron chi connectivity index (χ2n) is 6.13. The first-order valence-electron chi connectivity index (χ1n) is 8.01. The minimum Gasteiger partial charge on any atom is -0.325 e. The number of carbonyl (C=O) groups is 1. The van der Waals surface area contributed by atoms with Gasteiger partial charge in [0.1, 0.15) is 0 Å². The largest absolute Gasteiger partial charge is 0.325 e. The van der Waals surface area contributed by atoms with Gasteiger partial charge in [0.15, 0.2) is 0 Å². The number of amides is 1. The van der Waals surface area contributed by atoms with Crippen molar-refractivity contribution < 1.29 is 4.79 Å². The van der Waals surface area contributed by atoms with Crippen molar-refractivity contribution in [3.8, 4) is 0 Å². The number of aromatic nitrogens is 2. The standard InChI is InChI=1S/C18H18Cl2N4O2/c1-10(24(2)9-11-4-3-5-13(19)16(11)20)17(25)21-12-6-7-14-15(8-12)23-18(26)22-14/h3-8,10H,9H2,1-2H3,(H,21,25)(H2,22,23,26)/t10-/m1/s1. The molecule has 3 rings (SSSR count). The Morgan fingerprint density at radius 2 is 1.92 bits per heavy atom. The number of halogens is 2. The highest BCUT2D eigenvalue weighted by Gasteiger charge is 2.19. The lowest BCUT2D eigenvalue weighted by Gasteiger charge is -2.24. The van der Waals surface area contributed by atoms with E-state index in [0.717, 1.165) is 5.56 Å². The fraction of sp³-hybridized carbons (Fsp3) is 0.222. The van der Waals surface area contributed by atoms with E-state index in [2.05, 4.69) is 15.3 Å². The first-order chi connectivity index (χ1) is 12.3. The number of carbonyl (C=O) groups excluding carboxylic acids is 1. The number of rotatable bonds is 5. The van der Waals surface area contributed by atoms with Crippen molar-refractivity contribution in [2.75, 3.05) is 12.4 Å². The molecule has 0 saturated heterocycles. The second-order valence-corrected chi connectivity index (χ2v) is 6.92. The maximum absolute atomic E-state index is 12.5. The smallest absolute Gasteiger partial charge is 0.323 e. The van der Waals surface area contributed by atoms with E-state index in [-0.39, 0.29) is 11.6 Å². The Bertz CT molecular complexity index is 1010. The molecule has 0 saturated carbocycles. The maximum atomic E-state index is 12.5. The van der Waals surface area contributed by atoms with Gasteiger partial charge in [0, 0.05) is 12.2 Å². The number of H-pyrrole nitrogens is 2. The zero-order chi connectivity index (χ0) is 18.8. The van der Waals surface area contributed by atoms with Gasteiger partial charge < -0.3 is 15.3 Å². The van der Waals surface area contributed by atoms with Crippen LogP contribution in [0.5, 0.6) is 0 Å². The van der Waals surface area contributed by atoms with Crippen LogP contribution in [-0.4, -0.2) is 33.9 Å². The molecule has 1 aromatic heterocycles. The van der Waals surface area contributed by atoms with Crippen molar-refractivity contribution in [3.05, 3.63) is 62.5 Å². The highest BCUT2D eigenvalue weighted by Crippen LogP contribution is 2.26. The van der Waals surface area contributed by atoms with Gasteiger partial charge in [-0.2, -0.15) is 0 Å². The number of hydrogen-bond donors (Lipinski definition) is 3. The number of likely N-dealkylation sites (N-methyl/N-ethyl adjacent to an activating group) is 1. The zero-order valence-corrected chi connectivity index (χ0v) is 15.8. The van der Waals surface area contributed by atoms with Crippen molar-refractivity contribution in [2.45, 2.75) is 19.5 Å². The van der Waals surface area contributed by atoms with E-state index in [1.54, 1.807) is 24.3 Å². The Kier molecular flexibility index (Phi) is 5.36. The van der Waals surface area contributed by atoms with E-state index in [4.69, 9.17) is 23.2 Å². The van der Waals surface area contributed by atoms with Crippen LogP contribution in [0.15, 0.2) is 41.2 Å². The summed E-state index contributed by atoms with van der Waals surface area (Å²) in [5.41, 5.74) is 2.51. The van der Waals surface area contributed by atoms with Crippen LogP contribution in [0, 0.1) is 0 Å². The molecular formula is C18H18Cl2N4O2. The Balaban J connectivity index is 1.69. The van der Waals surface area contributed by atoms with Crippen molar-refractivity contribution >= 4 is 45.8 Å². The maximum Gasteiger partial charge on any atom is 0.323 e. The third-order valence-electron chi connectivity index (χ3n) is 4.28. The van der Waals surface area contributed by atoms with Gasteiger partial charge in [-0.1, -0.05) is 35.3 Å². The fourth-order valence-electron chi connectivity index (χ4n) is 2.63. The van der Waals surface area contributed by atoms with Crippen molar-refractivity contribution in [2.24, 2.45) is 0 Å². The molecule has 0 aliphatic rings. The van der Waals surface area contributed by atoms with E-state index >= 15 is 0 Å². The molecule has 0 bridgehead atoms. The Morgan fingerprint density at radius 1 is 1.19 bits per heavy atom. The van der Waals surface area contributed by atoms with Crippen LogP contribution < -0.4 is 11.0 Å². The summed E-state index contributed by atoms with van der Waals surface area (Å²) in [5.74, 6) is -0.164. The number of benzene rings is 2. The molecule has 0 unspecified atom stereocenters. The lowest BCUT2D eigenvalue weighted by atomic mass is 10.1. The van der Waals surface area contributed by atoms with E-state index < -0.39 is 6.04 Å². The van der Waals surface area contributed by atoms with Crippen molar-refractivity contribution in [1.82, 2.24) is 14.9 Å². The molecule has 8 heteroatoms. The van der Waals surface area contributed by atoms with Crippen LogP contribution in [0.1, 0.15) is 12.5 Å². The van der Waals surface area contributed by atoms with Crippen LogP contribution in [-0.2, 0) is 11.3 Å². The third-order valence-corrected chi connectivity index (χ3v) is 5.13. The summed E-state index contributed by atoms with van der Waals surface area (Å²) >= 11 is 12.3. The summed E-state index contributed by atoms with van der Waals surface area (Å²) in [6.45, 7) is 2.29. The molecule has 136 valence electrons. The topological polar surface area (TPSA) is 81.0 Å². The van der Waals surface area contributed by atoms with Gasteiger partial charge >= 0.3 is 5.69 Å². The van der Waals surface area contributed by atoms with E-state index in [1.807, 2.05) is 31.0 Å². The molecule has 2 aromatic carbocycles. The first kappa shape index (κ1) is 18.5. The molecule has 1 atom stereocenters. The van der Waals surface area contributed by atoms with Gasteiger partial charge in [-0.3, -0.25) is 9.69 Å². The van der Waals surface area contributed by atoms with Crippen molar-refractivity contribution in [3.63, 3.8) is 0 Å². The first-order valence-corrected chi connectivity index (χ1v) is 8.77. The SMILES string of the molecule is C[C@H](C(=O)Nc1ccc2[nH]c(=O)[nH]c2c1)N(C)Cc1cccc(Cl)c1Cl. The molecule has 6 nitrogen and oxygen atoms in total. The highest BCUT2D eigenvalue weighted by atomic mass is 35.5. The zero-order valence-electron chi connectivity index (χ0n) is 14.3. The summed E-state index contributed by atoms with van der Waals surface area (Å²) < 4.78 is 0. The quantitative estimate of drug-likeness (QED) is 0.619. The average Bonchev–Trinajstić information content (AvgIpc) is 2.97. The molecule has 1 heterocycles. The third kappa shape index (κ3) is 3.93. The summed E-state index contributed by atoms with van der Waals surface area (Å²) in [6.07, 6.45) is 0. The fourth-order valence-corrected chi connectivity index (χ4v) is 3.01. The summed E-state index contributed by atoms with van der Waals surface area (Å²) in [5, 5.41) is 3.85. The van der Waals surface area contributed by atoms with Crippen LogP contribution in [0.2, 0.25) is 10.0 Å². The number of hydrogen-bond acceptors (Lipinski definition) is 3. The summed E-state index contributed by atoms with van der Waals surface area (Å²) in [6, 6.07) is 10.2. The van der Waals surface area contributed by atoms with E-state index in [0.29, 0.717) is 33.3 Å². The molecular weight excluding hydrogens is 375 g/mol. The van der Waals surface area contributed by atoms with Crippen LogP contribution in [0.4, 0.5) is 5.69 Å². The number of nitrogens with zero attached hydrogens (tertiary/aromatic N) is 1. The second kappa shape index (κ2) is 7.53. The van der Waals surface area contributed by atoms with E-state index in [9.17, 15) is 9.59 Å². The Labute approximate surface area is 160 Å². The molecule has 0 fully saturated rings. The number of aromatic amines is 2. The minimum atomic E-state index is -0.397. The van der Waals surface area contributed by atoms with Gasteiger partial charge in [0.2, 0.25) is 5.91 Å². The number of nitrogens with one attached hydrogen (secondary N) is 3. The van der Waals surface area contributed by atoms with Gasteiger partial charge in [-0.25, -0.2) is 4.79 Å². The Morgan fingerprint density at radius 3 is 2.69 bits per heavy atom. The molecule has 1 amide bonds. The van der Waals surface area contributed by atoms with Gasteiger partial charge in [0.05, 0.1) is 27.1 Å². The Hall–Kier alpha value is -2.28. The predicted molar refractivity (Wildman–Crippen MR) is 105 cm³/mol. The van der Waals surface area contributed by atoms with Crippen molar-refractivity contribution in [1.29, 1.82) is 0 Å². The number of anilines is 1. The summed E-state index contributed by atoms with van der Waals surface area (Å²) in [7, 11) is 1.84. The molecule has 26 heavy (non-hydrogen) atoms. The average molecular weight is 393 g/mol. The number of fused-ring (bicyclic) bond motifs is 1. The number of imidazole rings is 1. The highest BCUT2D eigenvalue weighted by molar-refractivity contribution is 6.42. The van der Waals surface area contributed by atoms with E-state index in [1.165, 1.54) is 0 Å². The molecule has 3 aromatic rings. The van der Waals surface area contributed by atoms with Gasteiger partial charge in [-0.05, 0) is 43.8 Å². The van der Waals surface area contributed by atoms with Crippen LogP contribution >= 0.6 is 23.2 Å². The molecule has 0 radical (unpaired) electrons. The lowest BCUT2D eigenvalue weighted by Crippen LogP contribution is -2.39. The lowest BCUT2D eigenvalue weighted by molar-refractivity contribution is -0.120. The monoisotopic (exact) mass is 392 g/mol. The molecule has 0 aliphatic carbocycles. The minimum absolute atomic E-state index is 0.164. The van der Waals surface area contributed by atoms with Crippen LogP contribution in [0.25, 0.3) is 11.0 Å². The summed E-state index contributed by atoms with van der Waals surface area (Å²) in [4.78, 5) is 31.1. The normalized spacial score (nSPS) is 12.5. The predicted octanol–water partition coefficient (Wildman–Crippen LogP) is 3.62. The van der Waals surface area contributed by atoms with Crippen LogP contribution in [0.3, 0.4) is 0 Å².